The highest BCUT2D eigenvalue weighted by Gasteiger charge is 2.21. The van der Waals surface area contributed by atoms with E-state index in [1.807, 2.05) is 30.4 Å². The molecule has 0 fully saturated rings. The molecule has 0 saturated carbocycles. The molecule has 6 nitrogen and oxygen atoms in total. The van der Waals surface area contributed by atoms with E-state index in [0.29, 0.717) is 22.9 Å². The summed E-state index contributed by atoms with van der Waals surface area (Å²) in [5, 5.41) is 2.67. The van der Waals surface area contributed by atoms with Crippen molar-refractivity contribution in [3.63, 3.8) is 0 Å². The van der Waals surface area contributed by atoms with Gasteiger partial charge < -0.3 is 14.8 Å². The number of hydrogen-bond acceptors (Lipinski definition) is 4. The van der Waals surface area contributed by atoms with Crippen LogP contribution in [-0.2, 0) is 0 Å². The van der Waals surface area contributed by atoms with Crippen molar-refractivity contribution in [3.8, 4) is 11.5 Å². The molecule has 2 amide bonds. The van der Waals surface area contributed by atoms with Crippen molar-refractivity contribution in [2.24, 2.45) is 9.98 Å². The number of amides is 2. The zero-order valence-electron chi connectivity index (χ0n) is 12.2. The molecule has 1 aliphatic carbocycles. The topological polar surface area (TPSA) is 72.3 Å². The molecule has 1 unspecified atom stereocenters. The van der Waals surface area contributed by atoms with Crippen LogP contribution in [0, 0.1) is 0 Å². The minimum absolute atomic E-state index is 0.138. The Kier molecular flexibility index (Phi) is 3.74. The van der Waals surface area contributed by atoms with E-state index >= 15 is 0 Å². The number of aliphatic imine (C=N–C) groups is 2. The first kappa shape index (κ1) is 14.1. The number of carbonyl (C=O) groups is 1. The van der Waals surface area contributed by atoms with Gasteiger partial charge in [-0.05, 0) is 35.9 Å². The minimum atomic E-state index is -0.338. The maximum Gasteiger partial charge on any atom is 0.346 e. The lowest BCUT2D eigenvalue weighted by Crippen LogP contribution is -2.18. The molecule has 1 aliphatic heterocycles. The van der Waals surface area contributed by atoms with Gasteiger partial charge in [0.1, 0.15) is 0 Å². The zero-order chi connectivity index (χ0) is 15.5. The molecule has 3 rings (SSSR count). The maximum absolute atomic E-state index is 11.2. The van der Waals surface area contributed by atoms with E-state index in [1.54, 1.807) is 26.5 Å². The smallest absolute Gasteiger partial charge is 0.346 e. The number of benzene rings is 1. The van der Waals surface area contributed by atoms with E-state index in [4.69, 9.17) is 9.47 Å². The second-order valence-corrected chi connectivity index (χ2v) is 4.75. The maximum atomic E-state index is 11.2. The van der Waals surface area contributed by atoms with Crippen molar-refractivity contribution >= 4 is 18.0 Å². The Morgan fingerprint density at radius 3 is 2.86 bits per heavy atom. The number of allylic oxidation sites excluding steroid dienone is 1. The molecule has 1 heterocycles. The van der Waals surface area contributed by atoms with Crippen LogP contribution in [-0.4, -0.2) is 38.2 Å². The molecular formula is C16H15N3O3. The fourth-order valence-corrected chi connectivity index (χ4v) is 2.24. The van der Waals surface area contributed by atoms with E-state index in [2.05, 4.69) is 15.3 Å². The number of ether oxygens (including phenoxy) is 2. The summed E-state index contributed by atoms with van der Waals surface area (Å²) in [6.45, 7) is 0. The average Bonchev–Trinajstić information content (AvgIpc) is 2.91. The Hall–Kier alpha value is -2.89. The molecule has 22 heavy (non-hydrogen) atoms. The summed E-state index contributed by atoms with van der Waals surface area (Å²) in [5.41, 5.74) is 2.27. The first-order valence-electron chi connectivity index (χ1n) is 6.75. The molecule has 1 N–H and O–H groups in total. The van der Waals surface area contributed by atoms with Gasteiger partial charge in [-0.2, -0.15) is 4.99 Å². The van der Waals surface area contributed by atoms with E-state index in [1.165, 1.54) is 0 Å². The van der Waals surface area contributed by atoms with Crippen molar-refractivity contribution in [2.75, 3.05) is 14.2 Å². The summed E-state index contributed by atoms with van der Waals surface area (Å²) in [6, 6.07) is 5.11. The third-order valence-electron chi connectivity index (χ3n) is 3.33. The second kappa shape index (κ2) is 5.85. The van der Waals surface area contributed by atoms with Gasteiger partial charge in [-0.3, -0.25) is 4.99 Å². The van der Waals surface area contributed by atoms with Crippen molar-refractivity contribution in [2.45, 2.75) is 6.04 Å². The molecule has 1 aromatic carbocycles. The van der Waals surface area contributed by atoms with Crippen LogP contribution < -0.4 is 14.8 Å². The van der Waals surface area contributed by atoms with Crippen molar-refractivity contribution < 1.29 is 14.3 Å². The monoisotopic (exact) mass is 297 g/mol. The molecule has 6 heteroatoms. The van der Waals surface area contributed by atoms with E-state index in [0.717, 1.165) is 5.56 Å². The van der Waals surface area contributed by atoms with Gasteiger partial charge in [0.2, 0.25) is 0 Å². The highest BCUT2D eigenvalue weighted by atomic mass is 16.5. The summed E-state index contributed by atoms with van der Waals surface area (Å²) in [6.07, 6.45) is 7.30. The number of rotatable bonds is 4. The standard InChI is InChI=1S/C16H15N3O3/c1-21-14-6-3-10(7-15(14)22-2)9-17-11-4-5-12-13(8-11)19-16(20)18-12/h3-9,11H,1-2H3,(H,19,20). The van der Waals surface area contributed by atoms with Gasteiger partial charge in [-0.1, -0.05) is 6.08 Å². The van der Waals surface area contributed by atoms with E-state index < -0.39 is 0 Å². The Bertz CT molecular complexity index is 732. The number of carbonyl (C=O) groups excluding carboxylic acids is 1. The first-order valence-corrected chi connectivity index (χ1v) is 6.75. The summed E-state index contributed by atoms with van der Waals surface area (Å²) < 4.78 is 10.5. The normalized spacial score (nSPS) is 19.5. The van der Waals surface area contributed by atoms with Crippen LogP contribution in [0.25, 0.3) is 0 Å². The van der Waals surface area contributed by atoms with Crippen molar-refractivity contribution in [1.82, 2.24) is 5.32 Å². The van der Waals surface area contributed by atoms with Crippen LogP contribution in [0.3, 0.4) is 0 Å². The van der Waals surface area contributed by atoms with Crippen LogP contribution in [0.4, 0.5) is 4.79 Å². The van der Waals surface area contributed by atoms with Gasteiger partial charge in [0.25, 0.3) is 0 Å². The largest absolute Gasteiger partial charge is 0.493 e. The Morgan fingerprint density at radius 1 is 1.27 bits per heavy atom. The molecule has 0 saturated heterocycles. The Balaban J connectivity index is 1.77. The van der Waals surface area contributed by atoms with Crippen molar-refractivity contribution in [1.29, 1.82) is 0 Å². The summed E-state index contributed by atoms with van der Waals surface area (Å²) in [7, 11) is 3.19. The molecule has 0 bridgehead atoms. The van der Waals surface area contributed by atoms with Gasteiger partial charge >= 0.3 is 6.03 Å². The minimum Gasteiger partial charge on any atom is -0.493 e. The molecule has 112 valence electrons. The van der Waals surface area contributed by atoms with Gasteiger partial charge in [0, 0.05) is 6.21 Å². The lowest BCUT2D eigenvalue weighted by Gasteiger charge is -2.10. The SMILES string of the molecule is COc1ccc(C=NC2C=CC3=NC(=O)NC3=C2)cc1OC. The van der Waals surface area contributed by atoms with Gasteiger partial charge in [-0.25, -0.2) is 4.79 Å². The van der Waals surface area contributed by atoms with Crippen LogP contribution in [0.1, 0.15) is 5.56 Å². The van der Waals surface area contributed by atoms with Crippen LogP contribution in [0.2, 0.25) is 0 Å². The number of hydrogen-bond donors (Lipinski definition) is 1. The second-order valence-electron chi connectivity index (χ2n) is 4.75. The predicted molar refractivity (Wildman–Crippen MR) is 84.1 cm³/mol. The first-order chi connectivity index (χ1) is 10.7. The van der Waals surface area contributed by atoms with Gasteiger partial charge in [0.05, 0.1) is 31.7 Å². The zero-order valence-corrected chi connectivity index (χ0v) is 12.2. The summed E-state index contributed by atoms with van der Waals surface area (Å²) in [4.78, 5) is 19.5. The van der Waals surface area contributed by atoms with Gasteiger partial charge in [0.15, 0.2) is 11.5 Å². The lowest BCUT2D eigenvalue weighted by molar-refractivity contribution is 0.253. The Labute approximate surface area is 127 Å². The summed E-state index contributed by atoms with van der Waals surface area (Å²) >= 11 is 0. The van der Waals surface area contributed by atoms with E-state index in [-0.39, 0.29) is 12.1 Å². The molecule has 0 radical (unpaired) electrons. The number of nitrogens with zero attached hydrogens (tertiary/aromatic N) is 2. The fourth-order valence-electron chi connectivity index (χ4n) is 2.24. The molecule has 1 atom stereocenters. The number of methoxy groups -OCH3 is 2. The Morgan fingerprint density at radius 2 is 2.09 bits per heavy atom. The predicted octanol–water partition coefficient (Wildman–Crippen LogP) is 2.11. The van der Waals surface area contributed by atoms with Crippen LogP contribution in [0.15, 0.2) is 52.1 Å². The van der Waals surface area contributed by atoms with E-state index in [9.17, 15) is 4.79 Å². The molecule has 0 spiro atoms. The highest BCUT2D eigenvalue weighted by molar-refractivity contribution is 6.19. The number of fused-ring (bicyclic) bond motifs is 1. The third kappa shape index (κ3) is 2.76. The lowest BCUT2D eigenvalue weighted by atomic mass is 10.1. The third-order valence-corrected chi connectivity index (χ3v) is 3.33. The summed E-state index contributed by atoms with van der Waals surface area (Å²) in [5.74, 6) is 1.33. The van der Waals surface area contributed by atoms with Gasteiger partial charge in [-0.15, -0.1) is 0 Å². The molecule has 2 aliphatic rings. The fraction of sp³-hybridized carbons (Fsp3) is 0.188. The van der Waals surface area contributed by atoms with Crippen molar-refractivity contribution in [3.05, 3.63) is 47.7 Å². The quantitative estimate of drug-likeness (QED) is 0.865. The molecule has 0 aromatic heterocycles. The highest BCUT2D eigenvalue weighted by Crippen LogP contribution is 2.27. The molecule has 1 aromatic rings. The van der Waals surface area contributed by atoms with Crippen LogP contribution in [0.5, 0.6) is 11.5 Å². The number of nitrogens with one attached hydrogen (secondary N) is 1. The average molecular weight is 297 g/mol. The van der Waals surface area contributed by atoms with Crippen LogP contribution >= 0.6 is 0 Å². The molecular weight excluding hydrogens is 282 g/mol. The number of urea groups is 1.